The number of nitrogens with one attached hydrogen (secondary N) is 1. The summed E-state index contributed by atoms with van der Waals surface area (Å²) in [6.45, 7) is 4.31. The normalized spacial score (nSPS) is 12.1. The molecule has 0 fully saturated rings. The lowest BCUT2D eigenvalue weighted by Gasteiger charge is -2.11. The molecule has 0 aliphatic rings. The number of nitrogens with zero attached hydrogens (tertiary/aromatic N) is 3. The minimum Gasteiger partial charge on any atom is -0.461 e. The fourth-order valence-electron chi connectivity index (χ4n) is 2.18. The highest BCUT2D eigenvalue weighted by Gasteiger charge is 2.20. The number of aromatic nitrogens is 3. The van der Waals surface area contributed by atoms with E-state index in [4.69, 9.17) is 10.3 Å². The highest BCUT2D eigenvalue weighted by molar-refractivity contribution is 8.00. The number of aryl methyl sites for hydroxylation is 1. The lowest BCUT2D eigenvalue weighted by atomic mass is 10.1. The molecule has 8 heteroatoms. The molecule has 0 aliphatic heterocycles. The van der Waals surface area contributed by atoms with Crippen molar-refractivity contribution >= 4 is 17.7 Å². The van der Waals surface area contributed by atoms with Crippen LogP contribution in [0.3, 0.4) is 0 Å². The Kier molecular flexibility index (Phi) is 5.08. The molecule has 0 unspecified atom stereocenters. The second-order valence-electron chi connectivity index (χ2n) is 5.62. The monoisotopic (exact) mass is 357 g/mol. The van der Waals surface area contributed by atoms with E-state index >= 15 is 0 Å². The summed E-state index contributed by atoms with van der Waals surface area (Å²) >= 11 is 1.24. The average Bonchev–Trinajstić information content (AvgIpc) is 3.24. The zero-order valence-corrected chi connectivity index (χ0v) is 14.8. The van der Waals surface area contributed by atoms with E-state index in [-0.39, 0.29) is 11.2 Å². The van der Waals surface area contributed by atoms with Crippen LogP contribution in [0.25, 0.3) is 11.6 Å². The zero-order valence-electron chi connectivity index (χ0n) is 14.0. The van der Waals surface area contributed by atoms with Crippen molar-refractivity contribution in [1.82, 2.24) is 20.2 Å². The van der Waals surface area contributed by atoms with Gasteiger partial charge in [0.2, 0.25) is 16.9 Å². The van der Waals surface area contributed by atoms with Crippen molar-refractivity contribution < 1.29 is 9.21 Å². The molecule has 1 aromatic carbocycles. The van der Waals surface area contributed by atoms with Gasteiger partial charge in [-0.3, -0.25) is 4.79 Å². The molecule has 2 aromatic heterocycles. The predicted octanol–water partition coefficient (Wildman–Crippen LogP) is 2.36. The maximum Gasteiger partial charge on any atom is 0.233 e. The van der Waals surface area contributed by atoms with Gasteiger partial charge in [0.1, 0.15) is 0 Å². The predicted molar refractivity (Wildman–Crippen MR) is 96.2 cm³/mol. The van der Waals surface area contributed by atoms with Crippen LogP contribution >= 0.6 is 11.8 Å². The Morgan fingerprint density at radius 2 is 2.08 bits per heavy atom. The van der Waals surface area contributed by atoms with Gasteiger partial charge in [0, 0.05) is 6.54 Å². The maximum atomic E-state index is 12.3. The van der Waals surface area contributed by atoms with Gasteiger partial charge in [-0.25, -0.2) is 4.68 Å². The molecular weight excluding hydrogens is 338 g/mol. The number of hydrogen-bond donors (Lipinski definition) is 2. The second-order valence-corrected chi connectivity index (χ2v) is 6.92. The molecule has 1 amide bonds. The van der Waals surface area contributed by atoms with Gasteiger partial charge in [0.25, 0.3) is 0 Å². The summed E-state index contributed by atoms with van der Waals surface area (Å²) in [6.07, 6.45) is 1.54. The number of rotatable bonds is 6. The van der Waals surface area contributed by atoms with E-state index in [1.54, 1.807) is 19.1 Å². The van der Waals surface area contributed by atoms with Gasteiger partial charge in [-0.05, 0) is 31.5 Å². The van der Waals surface area contributed by atoms with Crippen LogP contribution in [0.2, 0.25) is 0 Å². The van der Waals surface area contributed by atoms with Gasteiger partial charge in [-0.15, -0.1) is 10.2 Å². The van der Waals surface area contributed by atoms with Crippen molar-refractivity contribution in [2.75, 3.05) is 5.84 Å². The van der Waals surface area contributed by atoms with Crippen LogP contribution in [-0.4, -0.2) is 26.0 Å². The highest BCUT2D eigenvalue weighted by Crippen LogP contribution is 2.24. The minimum absolute atomic E-state index is 0.0897. The fourth-order valence-corrected chi connectivity index (χ4v) is 2.98. The zero-order chi connectivity index (χ0) is 17.8. The van der Waals surface area contributed by atoms with Crippen molar-refractivity contribution in [3.8, 4) is 11.6 Å². The van der Waals surface area contributed by atoms with Crippen LogP contribution < -0.4 is 11.2 Å². The number of thioether (sulfide) groups is 1. The number of amides is 1. The first kappa shape index (κ1) is 17.1. The average molecular weight is 357 g/mol. The highest BCUT2D eigenvalue weighted by atomic mass is 32.2. The molecule has 0 saturated heterocycles. The molecule has 0 aliphatic carbocycles. The first-order valence-corrected chi connectivity index (χ1v) is 8.67. The molecule has 2 heterocycles. The van der Waals surface area contributed by atoms with Crippen molar-refractivity contribution in [3.63, 3.8) is 0 Å². The first-order valence-electron chi connectivity index (χ1n) is 7.79. The number of carbonyl (C=O) groups is 1. The molecule has 130 valence electrons. The molecule has 0 radical (unpaired) electrons. The summed E-state index contributed by atoms with van der Waals surface area (Å²) in [5.74, 6) is 6.85. The molecule has 0 saturated carbocycles. The molecule has 3 aromatic rings. The molecule has 1 atom stereocenters. The number of carbonyl (C=O) groups excluding carboxylic acids is 1. The number of benzene rings is 1. The third-order valence-electron chi connectivity index (χ3n) is 3.64. The Morgan fingerprint density at radius 3 is 2.76 bits per heavy atom. The molecule has 25 heavy (non-hydrogen) atoms. The fraction of sp³-hybridized carbons (Fsp3) is 0.235. The van der Waals surface area contributed by atoms with Gasteiger partial charge in [0.05, 0.1) is 11.5 Å². The summed E-state index contributed by atoms with van der Waals surface area (Å²) in [7, 11) is 0. The van der Waals surface area contributed by atoms with Gasteiger partial charge in [-0.2, -0.15) is 0 Å². The summed E-state index contributed by atoms with van der Waals surface area (Å²) in [5, 5.41) is 11.1. The molecule has 0 bridgehead atoms. The van der Waals surface area contributed by atoms with Gasteiger partial charge in [0.15, 0.2) is 5.76 Å². The summed E-state index contributed by atoms with van der Waals surface area (Å²) in [6, 6.07) is 11.5. The van der Waals surface area contributed by atoms with E-state index in [1.165, 1.54) is 28.3 Å². The molecular formula is C17H19N5O2S. The molecule has 0 spiro atoms. The Hall–Kier alpha value is -2.74. The van der Waals surface area contributed by atoms with Gasteiger partial charge < -0.3 is 15.6 Å². The van der Waals surface area contributed by atoms with E-state index in [2.05, 4.69) is 15.5 Å². The smallest absolute Gasteiger partial charge is 0.233 e. The topological polar surface area (TPSA) is 99.0 Å². The summed E-state index contributed by atoms with van der Waals surface area (Å²) in [4.78, 5) is 12.3. The minimum atomic E-state index is -0.360. The third-order valence-corrected chi connectivity index (χ3v) is 4.70. The second kappa shape index (κ2) is 7.43. The van der Waals surface area contributed by atoms with E-state index < -0.39 is 0 Å². The van der Waals surface area contributed by atoms with E-state index in [9.17, 15) is 4.79 Å². The maximum absolute atomic E-state index is 12.3. The quantitative estimate of drug-likeness (QED) is 0.519. The van der Waals surface area contributed by atoms with Crippen LogP contribution in [0.5, 0.6) is 0 Å². The number of hydrogen-bond acceptors (Lipinski definition) is 6. The van der Waals surface area contributed by atoms with Crippen molar-refractivity contribution in [2.45, 2.75) is 30.8 Å². The van der Waals surface area contributed by atoms with Crippen molar-refractivity contribution in [3.05, 3.63) is 53.8 Å². The lowest BCUT2D eigenvalue weighted by molar-refractivity contribution is -0.120. The first-order chi connectivity index (χ1) is 12.0. The van der Waals surface area contributed by atoms with Crippen LogP contribution in [0.15, 0.2) is 52.2 Å². The summed E-state index contributed by atoms with van der Waals surface area (Å²) in [5.41, 5.74) is 2.24. The Bertz CT molecular complexity index is 843. The van der Waals surface area contributed by atoms with Gasteiger partial charge in [-0.1, -0.05) is 41.6 Å². The number of furan rings is 1. The summed E-state index contributed by atoms with van der Waals surface area (Å²) < 4.78 is 6.60. The van der Waals surface area contributed by atoms with E-state index in [0.29, 0.717) is 23.3 Å². The third kappa shape index (κ3) is 4.03. The van der Waals surface area contributed by atoms with Crippen LogP contribution in [0.1, 0.15) is 18.1 Å². The number of nitrogen functional groups attached to an aromatic ring is 1. The number of nitrogens with two attached hydrogens (primary N) is 1. The van der Waals surface area contributed by atoms with Crippen LogP contribution in [0.4, 0.5) is 0 Å². The van der Waals surface area contributed by atoms with Crippen molar-refractivity contribution in [2.24, 2.45) is 0 Å². The Labute approximate surface area is 149 Å². The van der Waals surface area contributed by atoms with Gasteiger partial charge >= 0.3 is 0 Å². The van der Waals surface area contributed by atoms with Crippen LogP contribution in [-0.2, 0) is 11.3 Å². The molecule has 3 rings (SSSR count). The van der Waals surface area contributed by atoms with Crippen molar-refractivity contribution in [1.29, 1.82) is 0 Å². The molecule has 3 N–H and O–H groups in total. The van der Waals surface area contributed by atoms with E-state index in [1.807, 2.05) is 31.2 Å². The van der Waals surface area contributed by atoms with E-state index in [0.717, 1.165) is 5.56 Å². The Morgan fingerprint density at radius 1 is 1.32 bits per heavy atom. The Balaban J connectivity index is 1.59. The largest absolute Gasteiger partial charge is 0.461 e. The SMILES string of the molecule is Cc1ccc(CNC(=O)[C@@H](C)Sc2nnc(-c3ccco3)n2N)cc1. The van der Waals surface area contributed by atoms with Crippen LogP contribution in [0, 0.1) is 6.92 Å². The standard InChI is InChI=1S/C17H19N5O2S/c1-11-5-7-13(8-6-11)10-19-16(23)12(2)25-17-21-20-15(22(17)18)14-4-3-9-24-14/h3-9,12H,10,18H2,1-2H3,(H,19,23)/t12-/m1/s1. The molecule has 7 nitrogen and oxygen atoms in total. The lowest BCUT2D eigenvalue weighted by Crippen LogP contribution is -2.30.